The highest BCUT2D eigenvalue weighted by Crippen LogP contribution is 2.37. The van der Waals surface area contributed by atoms with Crippen LogP contribution in [0.4, 0.5) is 0 Å². The first kappa shape index (κ1) is 11.6. The van der Waals surface area contributed by atoms with Crippen LogP contribution in [0.25, 0.3) is 0 Å². The van der Waals surface area contributed by atoms with Gasteiger partial charge in [-0.25, -0.2) is 4.79 Å². The smallest absolute Gasteiger partial charge is 0.331 e. The van der Waals surface area contributed by atoms with Gasteiger partial charge in [-0.2, -0.15) is 12.6 Å². The first-order chi connectivity index (χ1) is 6.79. The summed E-state index contributed by atoms with van der Waals surface area (Å²) in [6.45, 7) is 1.53. The minimum atomic E-state index is -1.52. The fourth-order valence-electron chi connectivity index (χ4n) is 1.37. The third-order valence-corrected chi connectivity index (χ3v) is 3.14. The molecule has 1 atom stereocenters. The van der Waals surface area contributed by atoms with Gasteiger partial charge in [0, 0.05) is 17.7 Å². The zero-order valence-corrected chi connectivity index (χ0v) is 8.91. The number of nitrogens with two attached hydrogens (primary N) is 1. The summed E-state index contributed by atoms with van der Waals surface area (Å²) in [5.41, 5.74) is 6.02. The molecule has 0 heterocycles. The van der Waals surface area contributed by atoms with Crippen molar-refractivity contribution in [2.75, 3.05) is 0 Å². The molecule has 82 valence electrons. The lowest BCUT2D eigenvalue weighted by Gasteiger charge is -2.29. The topological polar surface area (TPSA) is 101 Å². The van der Waals surface area contributed by atoms with Crippen LogP contribution >= 0.6 is 12.6 Å². The lowest BCUT2D eigenvalue weighted by atomic mass is 9.85. The maximum atomic E-state index is 11.0. The van der Waals surface area contributed by atoms with Gasteiger partial charge in [0.2, 0.25) is 0 Å². The number of carboxylic acid groups (broad SMARTS) is 2. The van der Waals surface area contributed by atoms with Crippen LogP contribution in [0.15, 0.2) is 22.9 Å². The van der Waals surface area contributed by atoms with Crippen molar-refractivity contribution in [1.82, 2.24) is 0 Å². The molecule has 15 heavy (non-hydrogen) atoms. The molecule has 1 aliphatic carbocycles. The lowest BCUT2D eigenvalue weighted by molar-refractivity contribution is -0.138. The van der Waals surface area contributed by atoms with Crippen LogP contribution in [0.1, 0.15) is 13.3 Å². The van der Waals surface area contributed by atoms with Gasteiger partial charge in [0.15, 0.2) is 0 Å². The Morgan fingerprint density at radius 1 is 1.53 bits per heavy atom. The summed E-state index contributed by atoms with van der Waals surface area (Å²) >= 11 is 4.01. The van der Waals surface area contributed by atoms with Gasteiger partial charge in [-0.15, -0.1) is 0 Å². The SMILES string of the molecule is CC1=C(N)C=C(C(=O)O)CC1(S)C(=O)O. The number of allylic oxidation sites excluding steroid dienone is 1. The van der Waals surface area contributed by atoms with Crippen molar-refractivity contribution in [2.24, 2.45) is 5.73 Å². The summed E-state index contributed by atoms with van der Waals surface area (Å²) in [5.74, 6) is -2.37. The van der Waals surface area contributed by atoms with E-state index in [2.05, 4.69) is 12.6 Å². The van der Waals surface area contributed by atoms with E-state index >= 15 is 0 Å². The van der Waals surface area contributed by atoms with E-state index in [1.165, 1.54) is 13.0 Å². The molecule has 0 aliphatic heterocycles. The minimum absolute atomic E-state index is 0.0458. The van der Waals surface area contributed by atoms with Crippen LogP contribution in [0, 0.1) is 0 Å². The van der Waals surface area contributed by atoms with Gasteiger partial charge < -0.3 is 15.9 Å². The Hall–Kier alpha value is -1.43. The Morgan fingerprint density at radius 3 is 2.47 bits per heavy atom. The highest BCUT2D eigenvalue weighted by atomic mass is 32.1. The van der Waals surface area contributed by atoms with E-state index in [1.807, 2.05) is 0 Å². The van der Waals surface area contributed by atoms with Crippen LogP contribution in [-0.4, -0.2) is 26.9 Å². The number of carboxylic acids is 2. The van der Waals surface area contributed by atoms with Crippen LogP contribution in [-0.2, 0) is 9.59 Å². The van der Waals surface area contributed by atoms with Crippen molar-refractivity contribution >= 4 is 24.6 Å². The second kappa shape index (κ2) is 3.62. The van der Waals surface area contributed by atoms with E-state index in [0.717, 1.165) is 0 Å². The van der Waals surface area contributed by atoms with Gasteiger partial charge >= 0.3 is 11.9 Å². The fraction of sp³-hybridized carbons (Fsp3) is 0.333. The van der Waals surface area contributed by atoms with Gasteiger partial charge in [0.25, 0.3) is 0 Å². The van der Waals surface area contributed by atoms with Crippen LogP contribution in [0.3, 0.4) is 0 Å². The van der Waals surface area contributed by atoms with E-state index in [9.17, 15) is 9.59 Å². The molecule has 6 heteroatoms. The summed E-state index contributed by atoms with van der Waals surface area (Å²) in [7, 11) is 0. The number of thiol groups is 1. The van der Waals surface area contributed by atoms with Crippen molar-refractivity contribution in [1.29, 1.82) is 0 Å². The van der Waals surface area contributed by atoms with Gasteiger partial charge in [-0.3, -0.25) is 4.79 Å². The van der Waals surface area contributed by atoms with Gasteiger partial charge in [0.05, 0.1) is 0 Å². The van der Waals surface area contributed by atoms with Crippen LogP contribution in [0.5, 0.6) is 0 Å². The average molecular weight is 229 g/mol. The van der Waals surface area contributed by atoms with Crippen molar-refractivity contribution in [2.45, 2.75) is 18.1 Å². The molecule has 0 amide bonds. The average Bonchev–Trinajstić information content (AvgIpc) is 2.12. The predicted molar refractivity (Wildman–Crippen MR) is 56.6 cm³/mol. The number of rotatable bonds is 2. The zero-order valence-electron chi connectivity index (χ0n) is 8.02. The molecule has 0 fully saturated rings. The second-order valence-electron chi connectivity index (χ2n) is 3.40. The molecule has 0 bridgehead atoms. The van der Waals surface area contributed by atoms with E-state index in [-0.39, 0.29) is 17.7 Å². The van der Waals surface area contributed by atoms with Crippen LogP contribution < -0.4 is 5.73 Å². The largest absolute Gasteiger partial charge is 0.480 e. The molecule has 1 aliphatic rings. The van der Waals surface area contributed by atoms with Gasteiger partial charge in [-0.1, -0.05) is 0 Å². The van der Waals surface area contributed by atoms with E-state index in [0.29, 0.717) is 5.57 Å². The summed E-state index contributed by atoms with van der Waals surface area (Å²) in [4.78, 5) is 21.8. The zero-order chi connectivity index (χ0) is 11.8. The summed E-state index contributed by atoms with van der Waals surface area (Å²) in [6, 6.07) is 0. The summed E-state index contributed by atoms with van der Waals surface area (Å²) in [5, 5.41) is 17.8. The standard InChI is InChI=1S/C9H11NO4S/c1-4-6(10)2-5(7(11)12)3-9(4,15)8(13)14/h2,15H,3,10H2,1H3,(H,11,12)(H,13,14). The fourth-order valence-corrected chi connectivity index (χ4v) is 1.67. The molecule has 0 radical (unpaired) electrons. The van der Waals surface area contributed by atoms with Crippen molar-refractivity contribution in [3.63, 3.8) is 0 Å². The number of hydrogen-bond acceptors (Lipinski definition) is 4. The molecule has 5 nitrogen and oxygen atoms in total. The third kappa shape index (κ3) is 1.85. The van der Waals surface area contributed by atoms with Crippen molar-refractivity contribution in [3.05, 3.63) is 22.9 Å². The van der Waals surface area contributed by atoms with E-state index in [4.69, 9.17) is 15.9 Å². The number of aliphatic carboxylic acids is 2. The molecule has 0 saturated heterocycles. The Morgan fingerprint density at radius 2 is 2.07 bits per heavy atom. The Bertz CT molecular complexity index is 399. The molecular weight excluding hydrogens is 218 g/mol. The molecule has 1 unspecified atom stereocenters. The molecule has 0 aromatic carbocycles. The number of carbonyl (C=O) groups is 2. The van der Waals surface area contributed by atoms with E-state index < -0.39 is 16.7 Å². The summed E-state index contributed by atoms with van der Waals surface area (Å²) < 4.78 is -1.52. The summed E-state index contributed by atoms with van der Waals surface area (Å²) in [6.07, 6.45) is 1.10. The molecular formula is C9H11NO4S. The molecule has 1 rings (SSSR count). The Balaban J connectivity index is 3.26. The molecule has 4 N–H and O–H groups in total. The number of hydrogen-bond donors (Lipinski definition) is 4. The molecule has 0 aromatic heterocycles. The first-order valence-electron chi connectivity index (χ1n) is 4.15. The Kier molecular flexibility index (Phi) is 2.81. The first-order valence-corrected chi connectivity index (χ1v) is 4.60. The second-order valence-corrected chi connectivity index (χ2v) is 4.16. The van der Waals surface area contributed by atoms with Crippen molar-refractivity contribution < 1.29 is 19.8 Å². The maximum absolute atomic E-state index is 11.0. The highest BCUT2D eigenvalue weighted by molar-refractivity contribution is 7.83. The maximum Gasteiger partial charge on any atom is 0.331 e. The highest BCUT2D eigenvalue weighted by Gasteiger charge is 2.41. The third-order valence-electron chi connectivity index (χ3n) is 2.46. The predicted octanol–water partition coefficient (Wildman–Crippen LogP) is 0.387. The quantitative estimate of drug-likeness (QED) is 0.513. The normalized spacial score (nSPS) is 26.1. The lowest BCUT2D eigenvalue weighted by Crippen LogP contribution is -2.39. The molecule has 0 saturated carbocycles. The Labute approximate surface area is 91.7 Å². The van der Waals surface area contributed by atoms with Gasteiger partial charge in [0.1, 0.15) is 4.75 Å². The minimum Gasteiger partial charge on any atom is -0.480 e. The monoisotopic (exact) mass is 229 g/mol. The van der Waals surface area contributed by atoms with Crippen LogP contribution in [0.2, 0.25) is 0 Å². The molecule has 0 spiro atoms. The van der Waals surface area contributed by atoms with Gasteiger partial charge in [-0.05, 0) is 18.6 Å². The van der Waals surface area contributed by atoms with Crippen molar-refractivity contribution in [3.8, 4) is 0 Å². The molecule has 0 aromatic rings. The van der Waals surface area contributed by atoms with E-state index in [1.54, 1.807) is 0 Å².